The first-order valence-corrected chi connectivity index (χ1v) is 7.42. The van der Waals surface area contributed by atoms with Crippen molar-refractivity contribution in [2.75, 3.05) is 5.32 Å². The van der Waals surface area contributed by atoms with Gasteiger partial charge in [0.1, 0.15) is 0 Å². The molecule has 0 aromatic carbocycles. The van der Waals surface area contributed by atoms with Crippen LogP contribution in [0.1, 0.15) is 39.4 Å². The summed E-state index contributed by atoms with van der Waals surface area (Å²) in [5.74, 6) is 0.803. The first kappa shape index (κ1) is 14.3. The molecule has 0 saturated carbocycles. The van der Waals surface area contributed by atoms with Crippen molar-refractivity contribution in [1.82, 2.24) is 10.2 Å². The van der Waals surface area contributed by atoms with Crippen LogP contribution in [0.5, 0.6) is 0 Å². The largest absolute Gasteiger partial charge is 0.362 e. The van der Waals surface area contributed by atoms with Gasteiger partial charge in [-0.1, -0.05) is 11.6 Å². The Bertz CT molecular complexity index is 607. The van der Waals surface area contributed by atoms with Crippen LogP contribution in [-0.4, -0.2) is 10.2 Å². The fraction of sp³-hybridized carbons (Fsp3) is 0.429. The minimum absolute atomic E-state index is 0.207. The number of hydrogen-bond acceptors (Lipinski definition) is 4. The number of nitrogens with one attached hydrogen (secondary N) is 1. The molecule has 19 heavy (non-hydrogen) atoms. The molecule has 5 heteroatoms. The van der Waals surface area contributed by atoms with Crippen LogP contribution in [0.4, 0.5) is 5.82 Å². The highest BCUT2D eigenvalue weighted by Crippen LogP contribution is 2.29. The summed E-state index contributed by atoms with van der Waals surface area (Å²) < 4.78 is 0. The maximum Gasteiger partial charge on any atom is 0.155 e. The van der Waals surface area contributed by atoms with Gasteiger partial charge < -0.3 is 5.32 Å². The third kappa shape index (κ3) is 2.90. The van der Waals surface area contributed by atoms with E-state index in [4.69, 9.17) is 11.6 Å². The van der Waals surface area contributed by atoms with E-state index in [-0.39, 0.29) is 6.04 Å². The van der Waals surface area contributed by atoms with Crippen LogP contribution in [0.2, 0.25) is 5.15 Å². The molecule has 2 rings (SSSR count). The van der Waals surface area contributed by atoms with E-state index >= 15 is 0 Å². The van der Waals surface area contributed by atoms with E-state index in [2.05, 4.69) is 42.4 Å². The molecule has 102 valence electrons. The van der Waals surface area contributed by atoms with Crippen molar-refractivity contribution < 1.29 is 0 Å². The van der Waals surface area contributed by atoms with Gasteiger partial charge in [-0.05, 0) is 57.4 Å². The highest BCUT2D eigenvalue weighted by atomic mass is 35.5. The molecule has 0 spiro atoms. The molecule has 0 saturated heterocycles. The van der Waals surface area contributed by atoms with Crippen LogP contribution in [0.25, 0.3) is 0 Å². The lowest BCUT2D eigenvalue weighted by atomic mass is 10.1. The van der Waals surface area contributed by atoms with Gasteiger partial charge in [-0.15, -0.1) is 21.5 Å². The van der Waals surface area contributed by atoms with Crippen LogP contribution < -0.4 is 5.32 Å². The minimum Gasteiger partial charge on any atom is -0.362 e. The highest BCUT2D eigenvalue weighted by Gasteiger charge is 2.14. The van der Waals surface area contributed by atoms with Gasteiger partial charge in [0, 0.05) is 9.75 Å². The first-order chi connectivity index (χ1) is 8.90. The van der Waals surface area contributed by atoms with Gasteiger partial charge in [0.15, 0.2) is 11.0 Å². The minimum atomic E-state index is 0.207. The highest BCUT2D eigenvalue weighted by molar-refractivity contribution is 7.12. The molecule has 1 N–H and O–H groups in total. The lowest BCUT2D eigenvalue weighted by molar-refractivity contribution is 0.851. The summed E-state index contributed by atoms with van der Waals surface area (Å²) in [6.07, 6.45) is 0. The third-order valence-electron chi connectivity index (χ3n) is 3.36. The van der Waals surface area contributed by atoms with E-state index in [0.29, 0.717) is 5.15 Å². The first-order valence-electron chi connectivity index (χ1n) is 6.23. The summed E-state index contributed by atoms with van der Waals surface area (Å²) in [7, 11) is 0. The molecule has 2 heterocycles. The number of hydrogen-bond donors (Lipinski definition) is 1. The lowest BCUT2D eigenvalue weighted by Gasteiger charge is -2.16. The van der Waals surface area contributed by atoms with Gasteiger partial charge in [0.2, 0.25) is 0 Å². The van der Waals surface area contributed by atoms with Crippen molar-refractivity contribution >= 4 is 28.8 Å². The zero-order chi connectivity index (χ0) is 14.2. The standard InChI is InChI=1S/C14H18ClN3S/c1-7-6-12(11(5)19-7)10(4)16-14-9(3)8(2)13(15)17-18-14/h6,10H,1-5H3,(H,16,18). The molecule has 2 aromatic heterocycles. The quantitative estimate of drug-likeness (QED) is 0.899. The van der Waals surface area contributed by atoms with Crippen LogP contribution in [-0.2, 0) is 0 Å². The van der Waals surface area contributed by atoms with E-state index < -0.39 is 0 Å². The second kappa shape index (κ2) is 5.47. The fourth-order valence-electron chi connectivity index (χ4n) is 2.08. The molecule has 3 nitrogen and oxygen atoms in total. The molecule has 0 aliphatic carbocycles. The van der Waals surface area contributed by atoms with E-state index in [0.717, 1.165) is 16.9 Å². The molecule has 0 aliphatic rings. The summed E-state index contributed by atoms with van der Waals surface area (Å²) in [6, 6.07) is 2.43. The lowest BCUT2D eigenvalue weighted by Crippen LogP contribution is -2.11. The molecule has 1 atom stereocenters. The van der Waals surface area contributed by atoms with Gasteiger partial charge in [-0.25, -0.2) is 0 Å². The molecule has 1 unspecified atom stereocenters. The summed E-state index contributed by atoms with van der Waals surface area (Å²) in [5, 5.41) is 12.0. The second-order valence-corrected chi connectivity index (χ2v) is 6.64. The van der Waals surface area contributed by atoms with Crippen molar-refractivity contribution in [2.45, 2.75) is 40.7 Å². The average Bonchev–Trinajstić information content (AvgIpc) is 2.69. The van der Waals surface area contributed by atoms with Crippen molar-refractivity contribution in [3.05, 3.63) is 37.7 Å². The Morgan fingerprint density at radius 2 is 1.84 bits per heavy atom. The number of nitrogens with zero attached hydrogens (tertiary/aromatic N) is 2. The van der Waals surface area contributed by atoms with Crippen molar-refractivity contribution in [1.29, 1.82) is 0 Å². The van der Waals surface area contributed by atoms with E-state index in [1.165, 1.54) is 15.3 Å². The van der Waals surface area contributed by atoms with Gasteiger partial charge >= 0.3 is 0 Å². The maximum atomic E-state index is 5.97. The number of aromatic nitrogens is 2. The Hall–Kier alpha value is -1.13. The molecule has 0 amide bonds. The molecular weight excluding hydrogens is 278 g/mol. The third-order valence-corrected chi connectivity index (χ3v) is 4.70. The number of aryl methyl sites for hydroxylation is 2. The summed E-state index contributed by atoms with van der Waals surface area (Å²) in [5.41, 5.74) is 3.34. The zero-order valence-electron chi connectivity index (χ0n) is 11.8. The van der Waals surface area contributed by atoms with Crippen LogP contribution in [0.3, 0.4) is 0 Å². The van der Waals surface area contributed by atoms with Gasteiger partial charge in [0.25, 0.3) is 0 Å². The molecule has 2 aromatic rings. The number of anilines is 1. The molecular formula is C14H18ClN3S. The van der Waals surface area contributed by atoms with Crippen molar-refractivity contribution in [2.24, 2.45) is 0 Å². The summed E-state index contributed by atoms with van der Waals surface area (Å²) in [4.78, 5) is 2.67. The Morgan fingerprint density at radius 3 is 2.42 bits per heavy atom. The predicted molar refractivity (Wildman–Crippen MR) is 82.3 cm³/mol. The van der Waals surface area contributed by atoms with Crippen LogP contribution in [0, 0.1) is 27.7 Å². The number of thiophene rings is 1. The van der Waals surface area contributed by atoms with Gasteiger partial charge in [0.05, 0.1) is 6.04 Å². The van der Waals surface area contributed by atoms with Crippen molar-refractivity contribution in [3.63, 3.8) is 0 Å². The van der Waals surface area contributed by atoms with Gasteiger partial charge in [-0.3, -0.25) is 0 Å². The average molecular weight is 296 g/mol. The Balaban J connectivity index is 2.27. The van der Waals surface area contributed by atoms with E-state index in [1.807, 2.05) is 25.2 Å². The SMILES string of the molecule is Cc1cc(C(C)Nc2nnc(Cl)c(C)c2C)c(C)s1. The van der Waals surface area contributed by atoms with E-state index in [9.17, 15) is 0 Å². The van der Waals surface area contributed by atoms with E-state index in [1.54, 1.807) is 0 Å². The summed E-state index contributed by atoms with van der Waals surface area (Å²) in [6.45, 7) is 10.4. The Kier molecular flexibility index (Phi) is 4.11. The van der Waals surface area contributed by atoms with Crippen LogP contribution >= 0.6 is 22.9 Å². The smallest absolute Gasteiger partial charge is 0.155 e. The monoisotopic (exact) mass is 295 g/mol. The van der Waals surface area contributed by atoms with Crippen LogP contribution in [0.15, 0.2) is 6.07 Å². The van der Waals surface area contributed by atoms with Crippen molar-refractivity contribution in [3.8, 4) is 0 Å². The van der Waals surface area contributed by atoms with Gasteiger partial charge in [-0.2, -0.15) is 0 Å². The number of rotatable bonds is 3. The molecule has 0 bridgehead atoms. The fourth-order valence-corrected chi connectivity index (χ4v) is 3.28. The Morgan fingerprint density at radius 1 is 1.16 bits per heavy atom. The Labute approximate surface area is 123 Å². The summed E-state index contributed by atoms with van der Waals surface area (Å²) >= 11 is 7.79. The molecule has 0 radical (unpaired) electrons. The number of halogens is 1. The maximum absolute atomic E-state index is 5.97. The topological polar surface area (TPSA) is 37.8 Å². The zero-order valence-corrected chi connectivity index (χ0v) is 13.4. The molecule has 0 fully saturated rings. The molecule has 0 aliphatic heterocycles. The second-order valence-electron chi connectivity index (χ2n) is 4.82. The predicted octanol–water partition coefficient (Wildman–Crippen LogP) is 4.60. The normalized spacial score (nSPS) is 12.5.